The predicted molar refractivity (Wildman–Crippen MR) is 81.7 cm³/mol. The van der Waals surface area contributed by atoms with Gasteiger partial charge in [-0.05, 0) is 13.0 Å². The molecule has 1 N–H and O–H groups in total. The van der Waals surface area contributed by atoms with Crippen LogP contribution in [-0.4, -0.2) is 21.1 Å². The number of nitrogens with one attached hydrogen (secondary N) is 1. The highest BCUT2D eigenvalue weighted by Crippen LogP contribution is 2.31. The van der Waals surface area contributed by atoms with Crippen molar-refractivity contribution in [2.24, 2.45) is 0 Å². The van der Waals surface area contributed by atoms with Gasteiger partial charge < -0.3 is 5.32 Å². The molecule has 1 amide bonds. The molecule has 7 heteroatoms. The van der Waals surface area contributed by atoms with Crippen LogP contribution in [0.1, 0.15) is 19.0 Å². The van der Waals surface area contributed by atoms with Gasteiger partial charge in [-0.15, -0.1) is 0 Å². The smallest absolute Gasteiger partial charge is 0.226 e. The summed E-state index contributed by atoms with van der Waals surface area (Å²) < 4.78 is 13.1. The normalized spacial score (nSPS) is 12.2. The van der Waals surface area contributed by atoms with Crippen LogP contribution in [0.15, 0.2) is 18.5 Å². The number of rotatable bonds is 4. The Balaban J connectivity index is 2.19. The number of aryl methyl sites for hydroxylation is 1. The van der Waals surface area contributed by atoms with Crippen molar-refractivity contribution in [3.8, 4) is 10.6 Å². The Morgan fingerprint density at radius 2 is 2.30 bits per heavy atom. The molecule has 106 valence electrons. The summed E-state index contributed by atoms with van der Waals surface area (Å²) >= 11 is 5.48. The molecule has 0 aromatic carbocycles. The van der Waals surface area contributed by atoms with Crippen molar-refractivity contribution in [3.63, 3.8) is 0 Å². The van der Waals surface area contributed by atoms with E-state index in [0.29, 0.717) is 27.7 Å². The molecular formula is C13H14FN3OS2. The van der Waals surface area contributed by atoms with E-state index < -0.39 is 5.82 Å². The van der Waals surface area contributed by atoms with Crippen molar-refractivity contribution in [1.29, 1.82) is 0 Å². The second-order valence-corrected chi connectivity index (χ2v) is 6.31. The Morgan fingerprint density at radius 1 is 1.55 bits per heavy atom. The highest BCUT2D eigenvalue weighted by Gasteiger charge is 2.13. The highest BCUT2D eigenvalue weighted by atomic mass is 32.1. The summed E-state index contributed by atoms with van der Waals surface area (Å²) in [6, 6.07) is 1.37. The molecule has 4 nitrogen and oxygen atoms in total. The van der Waals surface area contributed by atoms with Crippen molar-refractivity contribution < 1.29 is 9.18 Å². The molecule has 2 heterocycles. The fourth-order valence-electron chi connectivity index (χ4n) is 1.61. The molecule has 0 bridgehead atoms. The molecule has 0 aliphatic carbocycles. The summed E-state index contributed by atoms with van der Waals surface area (Å²) in [5.41, 5.74) is 1.30. The maximum Gasteiger partial charge on any atom is 0.226 e. The van der Waals surface area contributed by atoms with Crippen molar-refractivity contribution in [2.45, 2.75) is 25.5 Å². The SMILES string of the molecule is Cc1nc(-c2cncc(F)c2)sc1NC(=O)CC(C)S. The first-order valence-corrected chi connectivity index (χ1v) is 7.35. The summed E-state index contributed by atoms with van der Waals surface area (Å²) in [5.74, 6) is -0.520. The van der Waals surface area contributed by atoms with Crippen LogP contribution in [0, 0.1) is 12.7 Å². The largest absolute Gasteiger partial charge is 0.316 e. The third kappa shape index (κ3) is 3.77. The lowest BCUT2D eigenvalue weighted by atomic mass is 10.3. The summed E-state index contributed by atoms with van der Waals surface area (Å²) in [6.45, 7) is 3.65. The van der Waals surface area contributed by atoms with E-state index in [2.05, 4.69) is 27.9 Å². The maximum absolute atomic E-state index is 13.1. The van der Waals surface area contributed by atoms with Crippen LogP contribution in [-0.2, 0) is 4.79 Å². The van der Waals surface area contributed by atoms with Crippen molar-refractivity contribution in [3.05, 3.63) is 30.0 Å². The van der Waals surface area contributed by atoms with E-state index in [1.54, 1.807) is 13.1 Å². The van der Waals surface area contributed by atoms with Crippen molar-refractivity contribution in [1.82, 2.24) is 9.97 Å². The predicted octanol–water partition coefficient (Wildman–Crippen LogP) is 3.30. The summed E-state index contributed by atoms with van der Waals surface area (Å²) in [7, 11) is 0. The summed E-state index contributed by atoms with van der Waals surface area (Å²) in [6.07, 6.45) is 3.01. The minimum Gasteiger partial charge on any atom is -0.316 e. The Bertz CT molecular complexity index is 628. The van der Waals surface area contributed by atoms with Gasteiger partial charge in [0.2, 0.25) is 5.91 Å². The lowest BCUT2D eigenvalue weighted by Crippen LogP contribution is -2.14. The topological polar surface area (TPSA) is 54.9 Å². The van der Waals surface area contributed by atoms with Crippen LogP contribution in [0.3, 0.4) is 0 Å². The first-order valence-electron chi connectivity index (χ1n) is 6.02. The number of nitrogens with zero attached hydrogens (tertiary/aromatic N) is 2. The van der Waals surface area contributed by atoms with Gasteiger partial charge in [0.1, 0.15) is 15.8 Å². The number of amides is 1. The van der Waals surface area contributed by atoms with Gasteiger partial charge in [-0.2, -0.15) is 12.6 Å². The van der Waals surface area contributed by atoms with Gasteiger partial charge in [-0.1, -0.05) is 18.3 Å². The van der Waals surface area contributed by atoms with Gasteiger partial charge in [0.15, 0.2) is 0 Å². The Labute approximate surface area is 125 Å². The zero-order valence-electron chi connectivity index (χ0n) is 11.1. The Kier molecular flexibility index (Phi) is 4.72. The van der Waals surface area contributed by atoms with E-state index in [4.69, 9.17) is 0 Å². The average Bonchev–Trinajstić information content (AvgIpc) is 2.70. The summed E-state index contributed by atoms with van der Waals surface area (Å²) in [4.78, 5) is 19.8. The van der Waals surface area contributed by atoms with Gasteiger partial charge >= 0.3 is 0 Å². The minimum absolute atomic E-state index is 0.00452. The molecular weight excluding hydrogens is 297 g/mol. The van der Waals surface area contributed by atoms with E-state index >= 15 is 0 Å². The van der Waals surface area contributed by atoms with E-state index in [0.717, 1.165) is 6.20 Å². The van der Waals surface area contributed by atoms with Crippen LogP contribution in [0.2, 0.25) is 0 Å². The molecule has 2 rings (SSSR count). The molecule has 2 aromatic heterocycles. The van der Waals surface area contributed by atoms with Crippen LogP contribution >= 0.6 is 24.0 Å². The number of anilines is 1. The van der Waals surface area contributed by atoms with Gasteiger partial charge in [0, 0.05) is 23.4 Å². The standard InChI is InChI=1S/C13H14FN3OS2/c1-7(19)3-11(18)17-12-8(2)16-13(20-12)9-4-10(14)6-15-5-9/h4-7,19H,3H2,1-2H3,(H,17,18). The molecule has 0 saturated carbocycles. The van der Waals surface area contributed by atoms with Crippen LogP contribution in [0.25, 0.3) is 10.6 Å². The molecule has 0 radical (unpaired) electrons. The number of carbonyl (C=O) groups is 1. The third-order valence-electron chi connectivity index (χ3n) is 2.48. The zero-order valence-corrected chi connectivity index (χ0v) is 12.8. The number of pyridine rings is 1. The minimum atomic E-state index is -0.412. The Hall–Kier alpha value is -1.47. The van der Waals surface area contributed by atoms with Crippen molar-refractivity contribution >= 4 is 34.9 Å². The lowest BCUT2D eigenvalue weighted by molar-refractivity contribution is -0.116. The zero-order chi connectivity index (χ0) is 14.7. The molecule has 0 spiro atoms. The summed E-state index contributed by atoms with van der Waals surface area (Å²) in [5, 5.41) is 4.09. The molecule has 20 heavy (non-hydrogen) atoms. The average molecular weight is 311 g/mol. The number of aromatic nitrogens is 2. The van der Waals surface area contributed by atoms with Gasteiger partial charge in [0.25, 0.3) is 0 Å². The number of thiazole rings is 1. The van der Waals surface area contributed by atoms with Crippen LogP contribution in [0.4, 0.5) is 9.39 Å². The van der Waals surface area contributed by atoms with E-state index in [1.807, 2.05) is 6.92 Å². The number of thiol groups is 1. The first-order chi connectivity index (χ1) is 9.45. The van der Waals surface area contributed by atoms with Crippen LogP contribution < -0.4 is 5.32 Å². The molecule has 0 aliphatic heterocycles. The molecule has 0 saturated heterocycles. The molecule has 0 aliphatic rings. The monoisotopic (exact) mass is 311 g/mol. The van der Waals surface area contributed by atoms with E-state index in [9.17, 15) is 9.18 Å². The Morgan fingerprint density at radius 3 is 2.95 bits per heavy atom. The number of hydrogen-bond donors (Lipinski definition) is 2. The lowest BCUT2D eigenvalue weighted by Gasteiger charge is -2.04. The number of halogens is 1. The second kappa shape index (κ2) is 6.32. The van der Waals surface area contributed by atoms with Crippen molar-refractivity contribution in [2.75, 3.05) is 5.32 Å². The molecule has 2 aromatic rings. The maximum atomic E-state index is 13.1. The highest BCUT2D eigenvalue weighted by molar-refractivity contribution is 7.80. The van der Waals surface area contributed by atoms with Gasteiger partial charge in [-0.25, -0.2) is 9.37 Å². The fourth-order valence-corrected chi connectivity index (χ4v) is 2.74. The number of carbonyl (C=O) groups excluding carboxylic acids is 1. The molecule has 0 fully saturated rings. The fraction of sp³-hybridized carbons (Fsp3) is 0.308. The van der Waals surface area contributed by atoms with Crippen LogP contribution in [0.5, 0.6) is 0 Å². The van der Waals surface area contributed by atoms with Gasteiger partial charge in [0.05, 0.1) is 11.9 Å². The van der Waals surface area contributed by atoms with Gasteiger partial charge in [-0.3, -0.25) is 9.78 Å². The first kappa shape index (κ1) is 14.9. The second-order valence-electron chi connectivity index (χ2n) is 4.43. The number of hydrogen-bond acceptors (Lipinski definition) is 5. The molecule has 1 unspecified atom stereocenters. The molecule has 1 atom stereocenters. The third-order valence-corrected chi connectivity index (χ3v) is 3.79. The van der Waals surface area contributed by atoms with E-state index in [1.165, 1.54) is 17.4 Å². The van der Waals surface area contributed by atoms with E-state index in [-0.39, 0.29) is 11.2 Å². The quantitative estimate of drug-likeness (QED) is 0.852.